The largest absolute Gasteiger partial charge is 0.502 e. The number of aromatic hydroxyl groups is 1. The zero-order valence-electron chi connectivity index (χ0n) is 11.7. The second-order valence-corrected chi connectivity index (χ2v) is 5.89. The van der Waals surface area contributed by atoms with Crippen molar-refractivity contribution in [3.63, 3.8) is 0 Å². The number of benzene rings is 2. The average Bonchev–Trinajstić information content (AvgIpc) is 2.52. The molecule has 0 spiro atoms. The molecule has 0 bridgehead atoms. The van der Waals surface area contributed by atoms with Crippen molar-refractivity contribution in [2.45, 2.75) is 4.90 Å². The van der Waals surface area contributed by atoms with Crippen LogP contribution in [0.2, 0.25) is 0 Å². The molecule has 0 radical (unpaired) electrons. The van der Waals surface area contributed by atoms with Gasteiger partial charge in [0.2, 0.25) is 0 Å². The molecule has 0 saturated heterocycles. The van der Waals surface area contributed by atoms with Gasteiger partial charge in [0.1, 0.15) is 5.82 Å². The molecule has 23 heavy (non-hydrogen) atoms. The number of nitro groups is 1. The number of Topliss-reactive ketones (excluding diaryl/α,β-unsaturated/α-hetero) is 1. The lowest BCUT2D eigenvalue weighted by atomic mass is 10.0. The van der Waals surface area contributed by atoms with E-state index in [1.54, 1.807) is 6.07 Å². The molecule has 0 aromatic heterocycles. The van der Waals surface area contributed by atoms with Crippen molar-refractivity contribution in [3.05, 3.63) is 69.0 Å². The van der Waals surface area contributed by atoms with Crippen LogP contribution in [0.15, 0.2) is 46.9 Å². The number of nitro benzene ring substituents is 1. The fraction of sp³-hybridized carbons (Fsp3) is 0.0625. The average molecular weight is 331 g/mol. The van der Waals surface area contributed by atoms with Crippen LogP contribution in [0, 0.1) is 15.9 Å². The van der Waals surface area contributed by atoms with Crippen LogP contribution in [-0.4, -0.2) is 21.6 Å². The number of ketones is 1. The van der Waals surface area contributed by atoms with E-state index in [-0.39, 0.29) is 11.5 Å². The highest BCUT2D eigenvalue weighted by Gasteiger charge is 2.25. The third-order valence-electron chi connectivity index (χ3n) is 3.41. The third kappa shape index (κ3) is 2.83. The summed E-state index contributed by atoms with van der Waals surface area (Å²) in [5.74, 6) is -0.885. The summed E-state index contributed by atoms with van der Waals surface area (Å²) >= 11 is 1.21. The Labute approximate surface area is 134 Å². The van der Waals surface area contributed by atoms with E-state index in [1.165, 1.54) is 48.2 Å². The maximum absolute atomic E-state index is 13.7. The fourth-order valence-electron chi connectivity index (χ4n) is 2.31. The first-order valence-electron chi connectivity index (χ1n) is 6.61. The highest BCUT2D eigenvalue weighted by molar-refractivity contribution is 7.99. The van der Waals surface area contributed by atoms with Gasteiger partial charge in [0.25, 0.3) is 0 Å². The van der Waals surface area contributed by atoms with E-state index >= 15 is 0 Å². The molecule has 7 heteroatoms. The summed E-state index contributed by atoms with van der Waals surface area (Å²) in [6.07, 6.45) is 1.52. The number of phenols is 1. The second kappa shape index (κ2) is 5.85. The van der Waals surface area contributed by atoms with Crippen LogP contribution in [0.4, 0.5) is 10.1 Å². The van der Waals surface area contributed by atoms with Crippen LogP contribution in [0.5, 0.6) is 5.75 Å². The number of rotatable bonds is 2. The molecule has 0 fully saturated rings. The number of phenolic OH excluding ortho intramolecular Hbond substituents is 1. The maximum atomic E-state index is 13.7. The smallest absolute Gasteiger partial charge is 0.311 e. The van der Waals surface area contributed by atoms with Gasteiger partial charge in [0.15, 0.2) is 11.5 Å². The van der Waals surface area contributed by atoms with Gasteiger partial charge in [-0.1, -0.05) is 12.1 Å². The van der Waals surface area contributed by atoms with Gasteiger partial charge in [0.05, 0.1) is 9.82 Å². The van der Waals surface area contributed by atoms with Crippen molar-refractivity contribution < 1.29 is 19.2 Å². The van der Waals surface area contributed by atoms with Crippen molar-refractivity contribution in [1.82, 2.24) is 0 Å². The summed E-state index contributed by atoms with van der Waals surface area (Å²) < 4.78 is 13.7. The fourth-order valence-corrected chi connectivity index (χ4v) is 3.34. The van der Waals surface area contributed by atoms with Crippen LogP contribution in [0.3, 0.4) is 0 Å². The second-order valence-electron chi connectivity index (χ2n) is 4.91. The van der Waals surface area contributed by atoms with Gasteiger partial charge >= 0.3 is 5.69 Å². The maximum Gasteiger partial charge on any atom is 0.311 e. The van der Waals surface area contributed by atoms with Crippen LogP contribution < -0.4 is 0 Å². The normalized spacial score (nSPS) is 15.5. The predicted octanol–water partition coefficient (Wildman–Crippen LogP) is 3.81. The summed E-state index contributed by atoms with van der Waals surface area (Å²) in [7, 11) is 0. The van der Waals surface area contributed by atoms with Crippen molar-refractivity contribution in [1.29, 1.82) is 0 Å². The molecule has 0 saturated carbocycles. The summed E-state index contributed by atoms with van der Waals surface area (Å²) in [6.45, 7) is 0. The summed E-state index contributed by atoms with van der Waals surface area (Å²) in [5.41, 5.74) is 0.717. The molecule has 0 atom stereocenters. The van der Waals surface area contributed by atoms with Gasteiger partial charge in [-0.2, -0.15) is 0 Å². The molecule has 0 unspecified atom stereocenters. The highest BCUT2D eigenvalue weighted by Crippen LogP contribution is 2.36. The molecule has 5 nitrogen and oxygen atoms in total. The van der Waals surface area contributed by atoms with Gasteiger partial charge in [-0.15, -0.1) is 11.8 Å². The van der Waals surface area contributed by atoms with Crippen LogP contribution in [0.1, 0.15) is 15.9 Å². The number of fused-ring (bicyclic) bond motifs is 1. The van der Waals surface area contributed by atoms with Gasteiger partial charge in [0, 0.05) is 23.0 Å². The van der Waals surface area contributed by atoms with Crippen LogP contribution >= 0.6 is 11.8 Å². The van der Waals surface area contributed by atoms with Gasteiger partial charge in [-0.3, -0.25) is 14.9 Å². The molecule has 1 aliphatic rings. The van der Waals surface area contributed by atoms with E-state index in [0.717, 1.165) is 0 Å². The van der Waals surface area contributed by atoms with E-state index in [1.807, 2.05) is 0 Å². The Morgan fingerprint density at radius 2 is 2.09 bits per heavy atom. The Bertz CT molecular complexity index is 863. The Morgan fingerprint density at radius 3 is 2.83 bits per heavy atom. The van der Waals surface area contributed by atoms with E-state index < -0.39 is 22.2 Å². The molecule has 0 aliphatic carbocycles. The highest BCUT2D eigenvalue weighted by atomic mass is 32.2. The zero-order chi connectivity index (χ0) is 16.6. The third-order valence-corrected chi connectivity index (χ3v) is 4.57. The molecule has 2 aromatic carbocycles. The minimum atomic E-state index is -0.695. The van der Waals surface area contributed by atoms with E-state index in [2.05, 4.69) is 0 Å². The first-order valence-corrected chi connectivity index (χ1v) is 7.60. The van der Waals surface area contributed by atoms with Gasteiger partial charge < -0.3 is 5.11 Å². The van der Waals surface area contributed by atoms with E-state index in [9.17, 15) is 24.4 Å². The summed E-state index contributed by atoms with van der Waals surface area (Å²) in [5, 5.41) is 20.3. The number of hydrogen-bond acceptors (Lipinski definition) is 5. The van der Waals surface area contributed by atoms with Crippen molar-refractivity contribution in [2.75, 3.05) is 5.75 Å². The molecule has 1 heterocycles. The minimum Gasteiger partial charge on any atom is -0.502 e. The molecule has 2 aromatic rings. The van der Waals surface area contributed by atoms with Crippen molar-refractivity contribution in [3.8, 4) is 5.75 Å². The Morgan fingerprint density at radius 1 is 1.30 bits per heavy atom. The number of carbonyl (C=O) groups excluding carboxylic acids is 1. The molecule has 116 valence electrons. The lowest BCUT2D eigenvalue weighted by Crippen LogP contribution is -2.13. The summed E-state index contributed by atoms with van der Waals surface area (Å²) in [6, 6.07) is 8.21. The molecule has 0 amide bonds. The van der Waals surface area contributed by atoms with E-state index in [4.69, 9.17) is 0 Å². The molecular formula is C16H10FNO4S. The Balaban J connectivity index is 2.00. The minimum absolute atomic E-state index is 0.279. The van der Waals surface area contributed by atoms with Crippen LogP contribution in [0.25, 0.3) is 6.08 Å². The standard InChI is InChI=1S/C16H10FNO4S/c17-12-3-1-2-11-15(20)10(8-23-16(11)12)6-9-4-5-14(19)13(7-9)18(21)22/h1-7,19H,8H2/b10-6-. The molecular weight excluding hydrogens is 321 g/mol. The Kier molecular flexibility index (Phi) is 3.87. The molecule has 1 N–H and O–H groups in total. The summed E-state index contributed by atoms with van der Waals surface area (Å²) in [4.78, 5) is 22.9. The number of thioether (sulfide) groups is 1. The van der Waals surface area contributed by atoms with E-state index in [0.29, 0.717) is 21.6 Å². The predicted molar refractivity (Wildman–Crippen MR) is 84.2 cm³/mol. The lowest BCUT2D eigenvalue weighted by Gasteiger charge is -2.17. The zero-order valence-corrected chi connectivity index (χ0v) is 12.5. The van der Waals surface area contributed by atoms with Crippen molar-refractivity contribution in [2.24, 2.45) is 0 Å². The van der Waals surface area contributed by atoms with Crippen molar-refractivity contribution >= 4 is 29.3 Å². The topological polar surface area (TPSA) is 80.4 Å². The molecule has 3 rings (SSSR count). The first-order chi connectivity index (χ1) is 11.0. The van der Waals surface area contributed by atoms with Gasteiger partial charge in [-0.05, 0) is 29.8 Å². The molecule has 1 aliphatic heterocycles. The number of nitrogens with zero attached hydrogens (tertiary/aromatic N) is 1. The van der Waals surface area contributed by atoms with Gasteiger partial charge in [-0.25, -0.2) is 4.39 Å². The first kappa shape index (κ1) is 15.2. The quantitative estimate of drug-likeness (QED) is 0.514. The SMILES string of the molecule is O=C1/C(=C\c2ccc(O)c([N+](=O)[O-])c2)CSc2c(F)cccc21. The Hall–Kier alpha value is -2.67. The number of hydrogen-bond donors (Lipinski definition) is 1. The lowest BCUT2D eigenvalue weighted by molar-refractivity contribution is -0.385. The van der Waals surface area contributed by atoms with Crippen LogP contribution in [-0.2, 0) is 0 Å². The number of halogens is 1. The number of carbonyl (C=O) groups is 1. The monoisotopic (exact) mass is 331 g/mol.